The van der Waals surface area contributed by atoms with Gasteiger partial charge in [0, 0.05) is 26.2 Å². The molecule has 1 heterocycles. The smallest absolute Gasteiger partial charge is 0.214 e. The summed E-state index contributed by atoms with van der Waals surface area (Å²) in [5.41, 5.74) is 0. The molecule has 0 aliphatic carbocycles. The Bertz CT molecular complexity index is 378. The molecule has 1 rings (SSSR count). The third-order valence-corrected chi connectivity index (χ3v) is 5.18. The second-order valence-electron chi connectivity index (χ2n) is 4.91. The first-order valence-electron chi connectivity index (χ1n) is 5.98. The average molecular weight is 259 g/mol. The largest absolute Gasteiger partial charge is 0.286 e. The molecule has 0 amide bonds. The van der Waals surface area contributed by atoms with Gasteiger partial charge in [0.05, 0.1) is 17.9 Å². The van der Waals surface area contributed by atoms with E-state index in [4.69, 9.17) is 5.26 Å². The molecule has 0 N–H and O–H groups in total. The summed E-state index contributed by atoms with van der Waals surface area (Å²) in [6, 6.07) is 2.04. The van der Waals surface area contributed by atoms with Gasteiger partial charge in [-0.25, -0.2) is 8.42 Å². The zero-order valence-electron chi connectivity index (χ0n) is 10.8. The van der Waals surface area contributed by atoms with Crippen LogP contribution in [0.2, 0.25) is 0 Å². The summed E-state index contributed by atoms with van der Waals surface area (Å²) in [7, 11) is -3.11. The molecular weight excluding hydrogens is 238 g/mol. The fourth-order valence-corrected chi connectivity index (χ4v) is 3.75. The Hall–Kier alpha value is -0.640. The first-order valence-corrected chi connectivity index (χ1v) is 7.59. The SMILES string of the molecule is CC(C)CS(=O)(=O)N1CCN(C(C)C#N)CC1. The van der Waals surface area contributed by atoms with Crippen molar-refractivity contribution in [3.05, 3.63) is 0 Å². The topological polar surface area (TPSA) is 64.4 Å². The summed E-state index contributed by atoms with van der Waals surface area (Å²) in [6.45, 7) is 7.95. The molecule has 5 nitrogen and oxygen atoms in total. The molecule has 1 atom stereocenters. The molecule has 1 fully saturated rings. The quantitative estimate of drug-likeness (QED) is 0.737. The van der Waals surface area contributed by atoms with Gasteiger partial charge in [0.25, 0.3) is 0 Å². The van der Waals surface area contributed by atoms with Crippen molar-refractivity contribution in [3.8, 4) is 6.07 Å². The highest BCUT2D eigenvalue weighted by Crippen LogP contribution is 2.12. The second-order valence-corrected chi connectivity index (χ2v) is 6.93. The van der Waals surface area contributed by atoms with Gasteiger partial charge < -0.3 is 0 Å². The van der Waals surface area contributed by atoms with E-state index in [1.807, 2.05) is 25.7 Å². The molecule has 98 valence electrons. The lowest BCUT2D eigenvalue weighted by atomic mass is 10.2. The molecule has 1 unspecified atom stereocenters. The van der Waals surface area contributed by atoms with E-state index in [1.54, 1.807) is 4.31 Å². The molecule has 0 aromatic heterocycles. The summed E-state index contributed by atoms with van der Waals surface area (Å²) in [6.07, 6.45) is 0. The van der Waals surface area contributed by atoms with Crippen LogP contribution in [0.25, 0.3) is 0 Å². The minimum Gasteiger partial charge on any atom is -0.286 e. The Morgan fingerprint density at radius 1 is 1.18 bits per heavy atom. The molecule has 0 aromatic rings. The Balaban J connectivity index is 2.55. The van der Waals surface area contributed by atoms with Crippen molar-refractivity contribution in [2.75, 3.05) is 31.9 Å². The van der Waals surface area contributed by atoms with Gasteiger partial charge in [-0.3, -0.25) is 4.90 Å². The zero-order valence-corrected chi connectivity index (χ0v) is 11.6. The van der Waals surface area contributed by atoms with E-state index in [2.05, 4.69) is 6.07 Å². The summed E-state index contributed by atoms with van der Waals surface area (Å²) in [5.74, 6) is 0.358. The van der Waals surface area contributed by atoms with Gasteiger partial charge in [-0.2, -0.15) is 9.57 Å². The third kappa shape index (κ3) is 3.95. The van der Waals surface area contributed by atoms with Gasteiger partial charge in [0.15, 0.2) is 0 Å². The molecule has 6 heteroatoms. The average Bonchev–Trinajstić information content (AvgIpc) is 2.26. The standard InChI is InChI=1S/C11H21N3O2S/c1-10(2)9-17(15,16)14-6-4-13(5-7-14)11(3)8-12/h10-11H,4-7,9H2,1-3H3. The first kappa shape index (κ1) is 14.4. The van der Waals surface area contributed by atoms with Crippen molar-refractivity contribution >= 4 is 10.0 Å². The maximum Gasteiger partial charge on any atom is 0.214 e. The number of rotatable bonds is 4. The van der Waals surface area contributed by atoms with Crippen molar-refractivity contribution in [2.24, 2.45) is 5.92 Å². The van der Waals surface area contributed by atoms with Gasteiger partial charge in [-0.1, -0.05) is 13.8 Å². The fraction of sp³-hybridized carbons (Fsp3) is 0.909. The van der Waals surface area contributed by atoms with Gasteiger partial charge in [-0.05, 0) is 12.8 Å². The van der Waals surface area contributed by atoms with Crippen molar-refractivity contribution < 1.29 is 8.42 Å². The van der Waals surface area contributed by atoms with E-state index in [9.17, 15) is 8.42 Å². The Morgan fingerprint density at radius 3 is 2.12 bits per heavy atom. The van der Waals surface area contributed by atoms with Gasteiger partial charge >= 0.3 is 0 Å². The third-order valence-electron chi connectivity index (χ3n) is 2.95. The van der Waals surface area contributed by atoms with E-state index >= 15 is 0 Å². The minimum absolute atomic E-state index is 0.134. The molecular formula is C11H21N3O2S. The number of nitriles is 1. The first-order chi connectivity index (χ1) is 7.86. The molecule has 1 aliphatic rings. The van der Waals surface area contributed by atoms with Crippen LogP contribution < -0.4 is 0 Å². The van der Waals surface area contributed by atoms with Crippen LogP contribution in [0.5, 0.6) is 0 Å². The number of nitrogens with zero attached hydrogens (tertiary/aromatic N) is 3. The minimum atomic E-state index is -3.11. The van der Waals surface area contributed by atoms with E-state index in [-0.39, 0.29) is 17.7 Å². The summed E-state index contributed by atoms with van der Waals surface area (Å²) >= 11 is 0. The normalized spacial score (nSPS) is 21.4. The lowest BCUT2D eigenvalue weighted by Gasteiger charge is -2.35. The molecule has 1 saturated heterocycles. The highest BCUT2D eigenvalue weighted by atomic mass is 32.2. The highest BCUT2D eigenvalue weighted by molar-refractivity contribution is 7.89. The van der Waals surface area contributed by atoms with Crippen LogP contribution in [0, 0.1) is 17.2 Å². The Kier molecular flexibility index (Phi) is 4.92. The van der Waals surface area contributed by atoms with Gasteiger partial charge in [0.1, 0.15) is 0 Å². The predicted octanol–water partition coefficient (Wildman–Crippen LogP) is 0.502. The van der Waals surface area contributed by atoms with Crippen molar-refractivity contribution in [2.45, 2.75) is 26.8 Å². The summed E-state index contributed by atoms with van der Waals surface area (Å²) < 4.78 is 25.5. The van der Waals surface area contributed by atoms with Gasteiger partial charge in [0.2, 0.25) is 10.0 Å². The van der Waals surface area contributed by atoms with E-state index in [0.29, 0.717) is 26.2 Å². The summed E-state index contributed by atoms with van der Waals surface area (Å²) in [5, 5.41) is 8.81. The van der Waals surface area contributed by atoms with Crippen LogP contribution in [0.3, 0.4) is 0 Å². The maximum atomic E-state index is 12.0. The second kappa shape index (κ2) is 5.80. The van der Waals surface area contributed by atoms with Crippen molar-refractivity contribution in [1.82, 2.24) is 9.21 Å². The van der Waals surface area contributed by atoms with Crippen LogP contribution in [0.1, 0.15) is 20.8 Å². The van der Waals surface area contributed by atoms with Crippen LogP contribution in [-0.4, -0.2) is 55.6 Å². The number of hydrogen-bond acceptors (Lipinski definition) is 4. The lowest BCUT2D eigenvalue weighted by Crippen LogP contribution is -2.51. The molecule has 0 radical (unpaired) electrons. The Labute approximate surface area is 104 Å². The van der Waals surface area contributed by atoms with Crippen LogP contribution in [0.15, 0.2) is 0 Å². The summed E-state index contributed by atoms with van der Waals surface area (Å²) in [4.78, 5) is 2.02. The Morgan fingerprint density at radius 2 is 1.71 bits per heavy atom. The fourth-order valence-electron chi connectivity index (χ4n) is 1.98. The van der Waals surface area contributed by atoms with Crippen LogP contribution in [-0.2, 0) is 10.0 Å². The molecule has 0 aromatic carbocycles. The van der Waals surface area contributed by atoms with Crippen LogP contribution >= 0.6 is 0 Å². The van der Waals surface area contributed by atoms with Gasteiger partial charge in [-0.15, -0.1) is 0 Å². The van der Waals surface area contributed by atoms with E-state index in [1.165, 1.54) is 0 Å². The van der Waals surface area contributed by atoms with E-state index < -0.39 is 10.0 Å². The maximum absolute atomic E-state index is 12.0. The molecule has 0 saturated carbocycles. The van der Waals surface area contributed by atoms with Crippen LogP contribution in [0.4, 0.5) is 0 Å². The number of hydrogen-bond donors (Lipinski definition) is 0. The monoisotopic (exact) mass is 259 g/mol. The van der Waals surface area contributed by atoms with E-state index in [0.717, 1.165) is 0 Å². The van der Waals surface area contributed by atoms with Crippen molar-refractivity contribution in [1.29, 1.82) is 5.26 Å². The molecule has 0 bridgehead atoms. The predicted molar refractivity (Wildman–Crippen MR) is 66.8 cm³/mol. The molecule has 0 spiro atoms. The zero-order chi connectivity index (χ0) is 13.1. The molecule has 1 aliphatic heterocycles. The van der Waals surface area contributed by atoms with Crippen molar-refractivity contribution in [3.63, 3.8) is 0 Å². The number of piperazine rings is 1. The molecule has 17 heavy (non-hydrogen) atoms. The highest BCUT2D eigenvalue weighted by Gasteiger charge is 2.28. The lowest BCUT2D eigenvalue weighted by molar-refractivity contribution is 0.169. The number of sulfonamides is 1.